The number of carbonyl (C=O) groups is 1. The molecule has 0 aliphatic carbocycles. The van der Waals surface area contributed by atoms with Crippen molar-refractivity contribution >= 4 is 6.03 Å². The van der Waals surface area contributed by atoms with Crippen LogP contribution in [0, 0.1) is 0 Å². The van der Waals surface area contributed by atoms with Gasteiger partial charge in [-0.2, -0.15) is 0 Å². The predicted molar refractivity (Wildman–Crippen MR) is 86.5 cm³/mol. The zero-order valence-corrected chi connectivity index (χ0v) is 13.9. The van der Waals surface area contributed by atoms with E-state index in [0.717, 1.165) is 24.3 Å². The molecule has 2 rings (SSSR count). The molecule has 1 aliphatic heterocycles. The fourth-order valence-corrected chi connectivity index (χ4v) is 2.31. The van der Waals surface area contributed by atoms with Gasteiger partial charge in [0.2, 0.25) is 0 Å². The fourth-order valence-electron chi connectivity index (χ4n) is 2.31. The van der Waals surface area contributed by atoms with Crippen molar-refractivity contribution in [3.63, 3.8) is 0 Å². The van der Waals surface area contributed by atoms with Gasteiger partial charge in [-0.25, -0.2) is 4.79 Å². The predicted octanol–water partition coefficient (Wildman–Crippen LogP) is 3.05. The summed E-state index contributed by atoms with van der Waals surface area (Å²) in [5, 5.41) is 3.11. The highest BCUT2D eigenvalue weighted by molar-refractivity contribution is 5.76. The molecule has 122 valence electrons. The van der Waals surface area contributed by atoms with Crippen molar-refractivity contribution in [2.75, 3.05) is 20.2 Å². The number of ether oxygens (including phenoxy) is 2. The van der Waals surface area contributed by atoms with E-state index in [4.69, 9.17) is 9.47 Å². The Labute approximate surface area is 132 Å². The van der Waals surface area contributed by atoms with E-state index in [-0.39, 0.29) is 17.7 Å². The first kappa shape index (κ1) is 16.5. The molecule has 5 heteroatoms. The van der Waals surface area contributed by atoms with Crippen LogP contribution in [0.1, 0.15) is 33.6 Å². The summed E-state index contributed by atoms with van der Waals surface area (Å²) in [4.78, 5) is 14.0. The summed E-state index contributed by atoms with van der Waals surface area (Å²) in [5.41, 5.74) is -0.129. The van der Waals surface area contributed by atoms with Gasteiger partial charge in [0, 0.05) is 11.6 Å². The minimum atomic E-state index is -0.129. The van der Waals surface area contributed by atoms with Gasteiger partial charge in [-0.3, -0.25) is 0 Å². The van der Waals surface area contributed by atoms with Crippen molar-refractivity contribution in [3.05, 3.63) is 24.3 Å². The molecule has 22 heavy (non-hydrogen) atoms. The van der Waals surface area contributed by atoms with Gasteiger partial charge in [-0.15, -0.1) is 0 Å². The van der Waals surface area contributed by atoms with Gasteiger partial charge >= 0.3 is 6.03 Å². The maximum Gasteiger partial charge on any atom is 0.318 e. The van der Waals surface area contributed by atoms with Gasteiger partial charge in [-0.1, -0.05) is 19.9 Å². The lowest BCUT2D eigenvalue weighted by molar-refractivity contribution is 0.0411. The molecule has 0 unspecified atom stereocenters. The summed E-state index contributed by atoms with van der Waals surface area (Å²) in [6.45, 7) is 7.50. The second-order valence-electron chi connectivity index (χ2n) is 6.02. The van der Waals surface area contributed by atoms with Crippen molar-refractivity contribution in [3.8, 4) is 11.5 Å². The van der Waals surface area contributed by atoms with Crippen LogP contribution in [-0.2, 0) is 0 Å². The van der Waals surface area contributed by atoms with Crippen molar-refractivity contribution in [1.29, 1.82) is 0 Å². The molecule has 1 aliphatic rings. The number of likely N-dealkylation sites (tertiary alicyclic amines) is 1. The highest BCUT2D eigenvalue weighted by Crippen LogP contribution is 2.23. The van der Waals surface area contributed by atoms with Gasteiger partial charge in [0.05, 0.1) is 20.2 Å². The lowest BCUT2D eigenvalue weighted by Crippen LogP contribution is -2.61. The number of nitrogens with one attached hydrogen (secondary N) is 1. The van der Waals surface area contributed by atoms with E-state index in [2.05, 4.69) is 26.1 Å². The number of urea groups is 1. The molecule has 0 radical (unpaired) electrons. The van der Waals surface area contributed by atoms with Crippen LogP contribution < -0.4 is 14.8 Å². The molecule has 1 saturated heterocycles. The Morgan fingerprint density at radius 2 is 1.95 bits per heavy atom. The van der Waals surface area contributed by atoms with Crippen molar-refractivity contribution in [2.24, 2.45) is 0 Å². The number of rotatable bonds is 6. The van der Waals surface area contributed by atoms with Crippen LogP contribution in [0.5, 0.6) is 11.5 Å². The molecule has 1 N–H and O–H groups in total. The quantitative estimate of drug-likeness (QED) is 0.879. The summed E-state index contributed by atoms with van der Waals surface area (Å²) < 4.78 is 11.0. The first-order valence-corrected chi connectivity index (χ1v) is 7.87. The van der Waals surface area contributed by atoms with E-state index in [1.807, 2.05) is 24.3 Å². The number of benzene rings is 1. The Balaban J connectivity index is 1.81. The van der Waals surface area contributed by atoms with E-state index in [9.17, 15) is 4.79 Å². The Morgan fingerprint density at radius 1 is 1.32 bits per heavy atom. The van der Waals surface area contributed by atoms with Crippen molar-refractivity contribution < 1.29 is 14.3 Å². The molecule has 0 aromatic heterocycles. The molecule has 0 bridgehead atoms. The number of hydrogen-bond donors (Lipinski definition) is 1. The molecule has 2 amide bonds. The number of carbonyl (C=O) groups excluding carboxylic acids is 1. The third-order valence-electron chi connectivity index (χ3n) is 4.45. The topological polar surface area (TPSA) is 50.8 Å². The van der Waals surface area contributed by atoms with Gasteiger partial charge < -0.3 is 19.7 Å². The third-order valence-corrected chi connectivity index (χ3v) is 4.45. The van der Waals surface area contributed by atoms with Gasteiger partial charge in [0.25, 0.3) is 0 Å². The SMILES string of the molecule is CCC(C)(CC)NC(=O)N1CC(Oc2cccc(OC)c2)C1. The maximum atomic E-state index is 12.2. The van der Waals surface area contributed by atoms with Gasteiger partial charge in [0.1, 0.15) is 17.6 Å². The van der Waals surface area contributed by atoms with Crippen LogP contribution in [0.15, 0.2) is 24.3 Å². The Bertz CT molecular complexity index is 508. The van der Waals surface area contributed by atoms with Crippen LogP contribution in [-0.4, -0.2) is 42.8 Å². The minimum Gasteiger partial charge on any atom is -0.497 e. The van der Waals surface area contributed by atoms with Crippen molar-refractivity contribution in [2.45, 2.75) is 45.3 Å². The molecule has 1 aromatic carbocycles. The molecule has 1 heterocycles. The normalized spacial score (nSPS) is 15.2. The molecular weight excluding hydrogens is 280 g/mol. The zero-order valence-electron chi connectivity index (χ0n) is 13.9. The maximum absolute atomic E-state index is 12.2. The minimum absolute atomic E-state index is 0.00306. The summed E-state index contributed by atoms with van der Waals surface area (Å²) in [5.74, 6) is 1.55. The second kappa shape index (κ2) is 6.90. The van der Waals surface area contributed by atoms with Crippen LogP contribution in [0.4, 0.5) is 4.79 Å². The molecule has 0 spiro atoms. The standard InChI is InChI=1S/C17H26N2O3/c1-5-17(3,6-2)18-16(20)19-11-15(12-19)22-14-9-7-8-13(10-14)21-4/h7-10,15H,5-6,11-12H2,1-4H3,(H,18,20). The zero-order chi connectivity index (χ0) is 16.2. The van der Waals surface area contributed by atoms with Crippen LogP contribution in [0.3, 0.4) is 0 Å². The first-order valence-electron chi connectivity index (χ1n) is 7.87. The highest BCUT2D eigenvalue weighted by atomic mass is 16.5. The number of hydrogen-bond acceptors (Lipinski definition) is 3. The number of nitrogens with zero attached hydrogens (tertiary/aromatic N) is 1. The van der Waals surface area contributed by atoms with Gasteiger partial charge in [-0.05, 0) is 31.9 Å². The molecule has 1 fully saturated rings. The number of amides is 2. The van der Waals surface area contributed by atoms with E-state index < -0.39 is 0 Å². The highest BCUT2D eigenvalue weighted by Gasteiger charge is 2.34. The Kier molecular flexibility index (Phi) is 5.16. The summed E-state index contributed by atoms with van der Waals surface area (Å²) in [6, 6.07) is 7.52. The molecule has 1 aromatic rings. The average Bonchev–Trinajstić information content (AvgIpc) is 2.50. The second-order valence-corrected chi connectivity index (χ2v) is 6.02. The molecule has 5 nitrogen and oxygen atoms in total. The lowest BCUT2D eigenvalue weighted by atomic mass is 9.96. The summed E-state index contributed by atoms with van der Waals surface area (Å²) in [7, 11) is 1.63. The largest absolute Gasteiger partial charge is 0.497 e. The molecule has 0 atom stereocenters. The van der Waals surface area contributed by atoms with Crippen LogP contribution in [0.2, 0.25) is 0 Å². The van der Waals surface area contributed by atoms with E-state index in [1.165, 1.54) is 0 Å². The smallest absolute Gasteiger partial charge is 0.318 e. The Hall–Kier alpha value is -1.91. The van der Waals surface area contributed by atoms with E-state index in [0.29, 0.717) is 13.1 Å². The van der Waals surface area contributed by atoms with E-state index >= 15 is 0 Å². The first-order chi connectivity index (χ1) is 10.5. The van der Waals surface area contributed by atoms with Crippen molar-refractivity contribution in [1.82, 2.24) is 10.2 Å². The van der Waals surface area contributed by atoms with Gasteiger partial charge in [0.15, 0.2) is 0 Å². The monoisotopic (exact) mass is 306 g/mol. The Morgan fingerprint density at radius 3 is 2.55 bits per heavy atom. The summed E-state index contributed by atoms with van der Waals surface area (Å²) in [6.07, 6.45) is 1.90. The van der Waals surface area contributed by atoms with Crippen LogP contribution in [0.25, 0.3) is 0 Å². The molecular formula is C17H26N2O3. The van der Waals surface area contributed by atoms with Crippen LogP contribution >= 0.6 is 0 Å². The third kappa shape index (κ3) is 3.84. The molecule has 0 saturated carbocycles. The number of methoxy groups -OCH3 is 1. The lowest BCUT2D eigenvalue weighted by Gasteiger charge is -2.41. The average molecular weight is 306 g/mol. The van der Waals surface area contributed by atoms with E-state index in [1.54, 1.807) is 12.0 Å². The summed E-state index contributed by atoms with van der Waals surface area (Å²) >= 11 is 0. The fraction of sp³-hybridized carbons (Fsp3) is 0.588.